The molecule has 0 saturated heterocycles. The molecule has 1 atom stereocenters. The molecule has 1 aliphatic rings. The number of guanidine groups is 1. The highest BCUT2D eigenvalue weighted by Crippen LogP contribution is 2.23. The molecule has 0 aliphatic heterocycles. The van der Waals surface area contributed by atoms with Gasteiger partial charge < -0.3 is 5.32 Å². The van der Waals surface area contributed by atoms with Crippen molar-refractivity contribution in [2.24, 2.45) is 10.8 Å². The Morgan fingerprint density at radius 3 is 2.60 bits per heavy atom. The summed E-state index contributed by atoms with van der Waals surface area (Å²) >= 11 is 0. The lowest BCUT2D eigenvalue weighted by Gasteiger charge is -2.15. The standard InChI is InChI=1S/C8H18N4O2S/c1-6(5-15(2,13)14)10-8(12-9)11-7-3-4-7/h6-7H,3-5,9H2,1-2H3,(H2,10,11,12). The fourth-order valence-corrected chi connectivity index (χ4v) is 2.22. The van der Waals surface area contributed by atoms with E-state index in [4.69, 9.17) is 5.84 Å². The van der Waals surface area contributed by atoms with Gasteiger partial charge in [0.2, 0.25) is 5.96 Å². The van der Waals surface area contributed by atoms with Crippen LogP contribution in [0.5, 0.6) is 0 Å². The second-order valence-electron chi connectivity index (χ2n) is 3.99. The molecule has 0 aromatic rings. The van der Waals surface area contributed by atoms with E-state index in [2.05, 4.69) is 15.7 Å². The Hall–Kier alpha value is -0.820. The second-order valence-corrected chi connectivity index (χ2v) is 6.18. The summed E-state index contributed by atoms with van der Waals surface area (Å²) in [5.74, 6) is 5.80. The van der Waals surface area contributed by atoms with Crippen molar-refractivity contribution >= 4 is 15.8 Å². The number of rotatable bonds is 4. The average Bonchev–Trinajstić information content (AvgIpc) is 2.83. The van der Waals surface area contributed by atoms with Crippen molar-refractivity contribution in [1.82, 2.24) is 10.7 Å². The van der Waals surface area contributed by atoms with Gasteiger partial charge in [0.25, 0.3) is 0 Å². The molecule has 0 heterocycles. The molecular formula is C8H18N4O2S. The van der Waals surface area contributed by atoms with Crippen LogP contribution in [0, 0.1) is 0 Å². The topological polar surface area (TPSA) is 96.6 Å². The van der Waals surface area contributed by atoms with Crippen LogP contribution >= 0.6 is 0 Å². The van der Waals surface area contributed by atoms with Crippen LogP contribution in [-0.4, -0.2) is 38.5 Å². The number of aliphatic imine (C=N–C) groups is 1. The van der Waals surface area contributed by atoms with E-state index in [9.17, 15) is 8.42 Å². The zero-order valence-electron chi connectivity index (χ0n) is 9.03. The van der Waals surface area contributed by atoms with Crippen molar-refractivity contribution in [2.45, 2.75) is 31.8 Å². The Morgan fingerprint density at radius 2 is 2.20 bits per heavy atom. The first-order valence-corrected chi connectivity index (χ1v) is 6.95. The Bertz CT molecular complexity index is 335. The lowest BCUT2D eigenvalue weighted by Crippen LogP contribution is -2.47. The van der Waals surface area contributed by atoms with Gasteiger partial charge in [0.05, 0.1) is 11.8 Å². The van der Waals surface area contributed by atoms with Gasteiger partial charge in [-0.3, -0.25) is 5.43 Å². The zero-order valence-corrected chi connectivity index (χ0v) is 9.84. The van der Waals surface area contributed by atoms with E-state index in [0.29, 0.717) is 12.0 Å². The summed E-state index contributed by atoms with van der Waals surface area (Å²) in [6.07, 6.45) is 3.36. The Balaban J connectivity index is 2.44. The average molecular weight is 234 g/mol. The molecule has 1 saturated carbocycles. The number of sulfone groups is 1. The van der Waals surface area contributed by atoms with Crippen molar-refractivity contribution < 1.29 is 8.42 Å². The second kappa shape index (κ2) is 4.80. The number of nitrogens with one attached hydrogen (secondary N) is 2. The number of nitrogens with zero attached hydrogens (tertiary/aromatic N) is 1. The van der Waals surface area contributed by atoms with Crippen molar-refractivity contribution in [3.05, 3.63) is 0 Å². The van der Waals surface area contributed by atoms with Crippen molar-refractivity contribution in [3.8, 4) is 0 Å². The monoisotopic (exact) mass is 234 g/mol. The fourth-order valence-electron chi connectivity index (χ4n) is 1.23. The summed E-state index contributed by atoms with van der Waals surface area (Å²) in [5, 5.41) is 2.93. The van der Waals surface area contributed by atoms with Gasteiger partial charge in [-0.05, 0) is 19.8 Å². The molecule has 0 spiro atoms. The van der Waals surface area contributed by atoms with E-state index in [0.717, 1.165) is 12.8 Å². The van der Waals surface area contributed by atoms with E-state index in [1.54, 1.807) is 6.92 Å². The summed E-state index contributed by atoms with van der Waals surface area (Å²) in [7, 11) is -2.98. The van der Waals surface area contributed by atoms with Gasteiger partial charge in [-0.15, -0.1) is 0 Å². The highest BCUT2D eigenvalue weighted by atomic mass is 32.2. The van der Waals surface area contributed by atoms with Crippen LogP contribution in [0.25, 0.3) is 0 Å². The number of hydrazine groups is 1. The smallest absolute Gasteiger partial charge is 0.206 e. The van der Waals surface area contributed by atoms with E-state index < -0.39 is 9.84 Å². The fraction of sp³-hybridized carbons (Fsp3) is 0.875. The van der Waals surface area contributed by atoms with Crippen molar-refractivity contribution in [2.75, 3.05) is 12.0 Å². The number of hydrogen-bond donors (Lipinski definition) is 3. The molecule has 1 unspecified atom stereocenters. The zero-order chi connectivity index (χ0) is 11.5. The van der Waals surface area contributed by atoms with E-state index >= 15 is 0 Å². The minimum Gasteiger partial charge on any atom is -0.352 e. The molecule has 0 amide bonds. The molecule has 0 radical (unpaired) electrons. The van der Waals surface area contributed by atoms with E-state index in [1.165, 1.54) is 6.26 Å². The van der Waals surface area contributed by atoms with Gasteiger partial charge in [-0.1, -0.05) is 0 Å². The highest BCUT2D eigenvalue weighted by molar-refractivity contribution is 7.90. The van der Waals surface area contributed by atoms with Gasteiger partial charge in [0.15, 0.2) is 0 Å². The summed E-state index contributed by atoms with van der Waals surface area (Å²) in [4.78, 5) is 4.25. The van der Waals surface area contributed by atoms with Crippen LogP contribution in [0.1, 0.15) is 19.8 Å². The Morgan fingerprint density at radius 1 is 1.60 bits per heavy atom. The maximum atomic E-state index is 11.0. The molecule has 88 valence electrons. The van der Waals surface area contributed by atoms with Crippen LogP contribution in [0.2, 0.25) is 0 Å². The Kier molecular flexibility index (Phi) is 3.92. The maximum absolute atomic E-state index is 11.0. The van der Waals surface area contributed by atoms with Crippen molar-refractivity contribution in [1.29, 1.82) is 0 Å². The molecule has 0 aromatic heterocycles. The summed E-state index contributed by atoms with van der Waals surface area (Å²) < 4.78 is 22.0. The lowest BCUT2D eigenvalue weighted by atomic mass is 10.4. The first-order valence-electron chi connectivity index (χ1n) is 4.89. The van der Waals surface area contributed by atoms with Gasteiger partial charge >= 0.3 is 0 Å². The van der Waals surface area contributed by atoms with Gasteiger partial charge in [0.1, 0.15) is 9.84 Å². The molecule has 6 nitrogen and oxygen atoms in total. The molecular weight excluding hydrogens is 216 g/mol. The van der Waals surface area contributed by atoms with Gasteiger partial charge in [-0.2, -0.15) is 0 Å². The highest BCUT2D eigenvalue weighted by Gasteiger charge is 2.21. The maximum Gasteiger partial charge on any atom is 0.206 e. The van der Waals surface area contributed by atoms with E-state index in [1.807, 2.05) is 0 Å². The van der Waals surface area contributed by atoms with Crippen molar-refractivity contribution in [3.63, 3.8) is 0 Å². The first kappa shape index (κ1) is 12.3. The number of hydrogen-bond acceptors (Lipinski definition) is 4. The third kappa shape index (κ3) is 5.58. The molecule has 1 aliphatic carbocycles. The summed E-state index contributed by atoms with van der Waals surface area (Å²) in [6, 6.07) is 0.141. The van der Waals surface area contributed by atoms with Crippen LogP contribution in [0.15, 0.2) is 4.99 Å². The Labute approximate surface area is 90.2 Å². The minimum atomic E-state index is -2.98. The normalized spacial score (nSPS) is 19.8. The molecule has 0 bridgehead atoms. The molecule has 1 rings (SSSR count). The molecule has 7 heteroatoms. The predicted octanol–water partition coefficient (Wildman–Crippen LogP) is -1.01. The molecule has 1 fully saturated rings. The third-order valence-corrected chi connectivity index (χ3v) is 3.04. The van der Waals surface area contributed by atoms with Crippen LogP contribution in [0.3, 0.4) is 0 Å². The van der Waals surface area contributed by atoms with Crippen LogP contribution < -0.4 is 16.6 Å². The summed E-state index contributed by atoms with van der Waals surface area (Å²) in [6.45, 7) is 1.78. The third-order valence-electron chi connectivity index (χ3n) is 1.93. The largest absolute Gasteiger partial charge is 0.352 e. The van der Waals surface area contributed by atoms with E-state index in [-0.39, 0.29) is 11.8 Å². The van der Waals surface area contributed by atoms with Gasteiger partial charge in [-0.25, -0.2) is 19.3 Å². The quantitative estimate of drug-likeness (QED) is 0.251. The van der Waals surface area contributed by atoms with Gasteiger partial charge in [0, 0.05) is 12.3 Å². The molecule has 15 heavy (non-hydrogen) atoms. The van der Waals surface area contributed by atoms with Crippen LogP contribution in [0.4, 0.5) is 0 Å². The SMILES string of the molecule is CC(CS(C)(=O)=O)NC(=NC1CC1)NN. The predicted molar refractivity (Wildman–Crippen MR) is 60.1 cm³/mol. The number of nitrogens with two attached hydrogens (primary N) is 1. The first-order chi connectivity index (χ1) is 6.90. The van der Waals surface area contributed by atoms with Crippen LogP contribution in [-0.2, 0) is 9.84 Å². The lowest BCUT2D eigenvalue weighted by molar-refractivity contribution is 0.589. The molecule has 0 aromatic carbocycles. The molecule has 4 N–H and O–H groups in total. The summed E-state index contributed by atoms with van der Waals surface area (Å²) in [5.41, 5.74) is 2.43. The minimum absolute atomic E-state index is 0.0678.